The maximum absolute atomic E-state index is 12.3. The SMILES string of the molecule is Cc1ccc(NC(=O)C2CC2C(=O)Nc2ccc(Cl)cc2Cl)cc1Cl. The molecule has 0 heterocycles. The predicted molar refractivity (Wildman–Crippen MR) is 102 cm³/mol. The lowest BCUT2D eigenvalue weighted by molar-refractivity contribution is -0.122. The molecule has 4 nitrogen and oxygen atoms in total. The molecule has 1 fully saturated rings. The van der Waals surface area contributed by atoms with E-state index in [4.69, 9.17) is 34.8 Å². The lowest BCUT2D eigenvalue weighted by Gasteiger charge is -2.08. The van der Waals surface area contributed by atoms with Crippen LogP contribution in [0.25, 0.3) is 0 Å². The zero-order valence-corrected chi connectivity index (χ0v) is 15.5. The lowest BCUT2D eigenvalue weighted by atomic mass is 10.2. The first kappa shape index (κ1) is 18.1. The Morgan fingerprint density at radius 3 is 2.24 bits per heavy atom. The van der Waals surface area contributed by atoms with Gasteiger partial charge in [0.25, 0.3) is 0 Å². The number of aryl methyl sites for hydroxylation is 1. The van der Waals surface area contributed by atoms with E-state index in [0.717, 1.165) is 5.56 Å². The normalized spacial score (nSPS) is 18.6. The van der Waals surface area contributed by atoms with Gasteiger partial charge in [-0.25, -0.2) is 0 Å². The molecule has 3 rings (SSSR count). The topological polar surface area (TPSA) is 58.2 Å². The molecule has 0 bridgehead atoms. The van der Waals surface area contributed by atoms with Crippen molar-refractivity contribution in [3.63, 3.8) is 0 Å². The molecule has 0 spiro atoms. The van der Waals surface area contributed by atoms with Crippen molar-refractivity contribution >= 4 is 58.0 Å². The minimum Gasteiger partial charge on any atom is -0.326 e. The summed E-state index contributed by atoms with van der Waals surface area (Å²) in [5.74, 6) is -1.15. The Labute approximate surface area is 160 Å². The molecular weight excluding hydrogens is 383 g/mol. The molecule has 0 saturated heterocycles. The summed E-state index contributed by atoms with van der Waals surface area (Å²) in [6.45, 7) is 1.89. The van der Waals surface area contributed by atoms with Gasteiger partial charge in [0.15, 0.2) is 0 Å². The molecule has 25 heavy (non-hydrogen) atoms. The second-order valence-corrected chi connectivity index (χ2v) is 7.27. The Balaban J connectivity index is 1.58. The minimum atomic E-state index is -0.368. The van der Waals surface area contributed by atoms with Crippen molar-refractivity contribution < 1.29 is 9.59 Å². The van der Waals surface area contributed by atoms with Gasteiger partial charge in [-0.3, -0.25) is 9.59 Å². The maximum Gasteiger partial charge on any atom is 0.228 e. The maximum atomic E-state index is 12.3. The van der Waals surface area contributed by atoms with Crippen LogP contribution in [0.3, 0.4) is 0 Å². The van der Waals surface area contributed by atoms with Gasteiger partial charge >= 0.3 is 0 Å². The van der Waals surface area contributed by atoms with E-state index in [1.165, 1.54) is 0 Å². The van der Waals surface area contributed by atoms with Gasteiger partial charge in [-0.2, -0.15) is 0 Å². The Bertz CT molecular complexity index is 854. The van der Waals surface area contributed by atoms with Crippen molar-refractivity contribution in [3.8, 4) is 0 Å². The van der Waals surface area contributed by atoms with Gasteiger partial charge in [0.2, 0.25) is 11.8 Å². The summed E-state index contributed by atoms with van der Waals surface area (Å²) < 4.78 is 0. The van der Waals surface area contributed by atoms with Crippen molar-refractivity contribution in [2.75, 3.05) is 10.6 Å². The molecule has 2 aromatic rings. The number of amides is 2. The van der Waals surface area contributed by atoms with Crippen LogP contribution in [0.1, 0.15) is 12.0 Å². The number of anilines is 2. The third kappa shape index (κ3) is 4.27. The number of carbonyl (C=O) groups excluding carboxylic acids is 2. The summed E-state index contributed by atoms with van der Waals surface area (Å²) in [7, 11) is 0. The molecule has 1 aliphatic carbocycles. The zero-order valence-electron chi connectivity index (χ0n) is 13.3. The Morgan fingerprint density at radius 2 is 1.60 bits per heavy atom. The van der Waals surface area contributed by atoms with Crippen LogP contribution < -0.4 is 10.6 Å². The molecule has 2 amide bonds. The summed E-state index contributed by atoms with van der Waals surface area (Å²) >= 11 is 17.9. The summed E-state index contributed by atoms with van der Waals surface area (Å²) in [4.78, 5) is 24.5. The van der Waals surface area contributed by atoms with Crippen LogP contribution in [0.15, 0.2) is 36.4 Å². The first-order chi connectivity index (χ1) is 11.8. The average molecular weight is 398 g/mol. The minimum absolute atomic E-state index is 0.192. The van der Waals surface area contributed by atoms with Crippen LogP contribution in [-0.4, -0.2) is 11.8 Å². The van der Waals surface area contributed by atoms with Gasteiger partial charge in [0.05, 0.1) is 22.5 Å². The number of benzene rings is 2. The fourth-order valence-electron chi connectivity index (χ4n) is 2.50. The number of rotatable bonds is 4. The quantitative estimate of drug-likeness (QED) is 0.748. The molecule has 2 N–H and O–H groups in total. The number of hydrogen-bond acceptors (Lipinski definition) is 2. The first-order valence-corrected chi connectivity index (χ1v) is 8.81. The smallest absolute Gasteiger partial charge is 0.228 e. The van der Waals surface area contributed by atoms with Crippen LogP contribution in [0, 0.1) is 18.8 Å². The van der Waals surface area contributed by atoms with E-state index >= 15 is 0 Å². The third-order valence-corrected chi connectivity index (χ3v) is 5.05. The van der Waals surface area contributed by atoms with E-state index in [2.05, 4.69) is 10.6 Å². The number of halogens is 3. The van der Waals surface area contributed by atoms with Gasteiger partial charge in [0.1, 0.15) is 0 Å². The van der Waals surface area contributed by atoms with Gasteiger partial charge < -0.3 is 10.6 Å². The highest BCUT2D eigenvalue weighted by Crippen LogP contribution is 2.41. The van der Waals surface area contributed by atoms with E-state index in [9.17, 15) is 9.59 Å². The van der Waals surface area contributed by atoms with Gasteiger partial charge in [-0.1, -0.05) is 40.9 Å². The number of carbonyl (C=O) groups is 2. The van der Waals surface area contributed by atoms with Crippen molar-refractivity contribution in [1.82, 2.24) is 0 Å². The van der Waals surface area contributed by atoms with E-state index in [0.29, 0.717) is 32.9 Å². The van der Waals surface area contributed by atoms with Gasteiger partial charge in [-0.15, -0.1) is 0 Å². The van der Waals surface area contributed by atoms with E-state index in [-0.39, 0.29) is 23.7 Å². The largest absolute Gasteiger partial charge is 0.326 e. The van der Waals surface area contributed by atoms with Crippen molar-refractivity contribution in [2.24, 2.45) is 11.8 Å². The van der Waals surface area contributed by atoms with E-state index < -0.39 is 0 Å². The molecule has 1 aliphatic rings. The number of hydrogen-bond donors (Lipinski definition) is 2. The lowest BCUT2D eigenvalue weighted by Crippen LogP contribution is -2.20. The predicted octanol–water partition coefficient (Wildman–Crippen LogP) is 5.17. The highest BCUT2D eigenvalue weighted by Gasteiger charge is 2.48. The fraction of sp³-hybridized carbons (Fsp3) is 0.222. The van der Waals surface area contributed by atoms with Gasteiger partial charge in [0, 0.05) is 15.7 Å². The molecule has 2 unspecified atom stereocenters. The van der Waals surface area contributed by atoms with Crippen molar-refractivity contribution in [3.05, 3.63) is 57.0 Å². The standard InChI is InChI=1S/C18H15Cl3N2O2/c1-9-2-4-11(7-14(9)20)22-17(24)12-8-13(12)18(25)23-16-5-3-10(19)6-15(16)21/h2-7,12-13H,8H2,1H3,(H,22,24)(H,23,25). The van der Waals surface area contributed by atoms with E-state index in [1.54, 1.807) is 30.3 Å². The van der Waals surface area contributed by atoms with Crippen molar-refractivity contribution in [2.45, 2.75) is 13.3 Å². The monoisotopic (exact) mass is 396 g/mol. The molecule has 0 radical (unpaired) electrons. The zero-order chi connectivity index (χ0) is 18.1. The van der Waals surface area contributed by atoms with Gasteiger partial charge in [-0.05, 0) is 49.2 Å². The summed E-state index contributed by atoms with van der Waals surface area (Å²) in [5, 5.41) is 6.96. The van der Waals surface area contributed by atoms with Crippen molar-refractivity contribution in [1.29, 1.82) is 0 Å². The van der Waals surface area contributed by atoms with Crippen LogP contribution in [0.4, 0.5) is 11.4 Å². The Hall–Kier alpha value is -1.75. The van der Waals surface area contributed by atoms with Crippen LogP contribution in [0.2, 0.25) is 15.1 Å². The Morgan fingerprint density at radius 1 is 0.920 bits per heavy atom. The second kappa shape index (κ2) is 7.24. The fourth-order valence-corrected chi connectivity index (χ4v) is 3.13. The average Bonchev–Trinajstić information content (AvgIpc) is 3.34. The van der Waals surface area contributed by atoms with Crippen LogP contribution in [0.5, 0.6) is 0 Å². The summed E-state index contributed by atoms with van der Waals surface area (Å²) in [5.41, 5.74) is 2.03. The summed E-state index contributed by atoms with van der Waals surface area (Å²) in [6, 6.07) is 10.1. The highest BCUT2D eigenvalue weighted by molar-refractivity contribution is 6.36. The van der Waals surface area contributed by atoms with Crippen LogP contribution >= 0.6 is 34.8 Å². The second-order valence-electron chi connectivity index (χ2n) is 6.02. The molecule has 0 aliphatic heterocycles. The van der Waals surface area contributed by atoms with E-state index in [1.807, 2.05) is 13.0 Å². The number of nitrogens with one attached hydrogen (secondary N) is 2. The molecule has 130 valence electrons. The first-order valence-electron chi connectivity index (χ1n) is 7.68. The molecule has 2 atom stereocenters. The molecule has 7 heteroatoms. The molecule has 0 aromatic heterocycles. The molecule has 1 saturated carbocycles. The Kier molecular flexibility index (Phi) is 5.23. The molecular formula is C18H15Cl3N2O2. The molecule has 2 aromatic carbocycles. The highest BCUT2D eigenvalue weighted by atomic mass is 35.5. The van der Waals surface area contributed by atoms with Crippen LogP contribution in [-0.2, 0) is 9.59 Å². The third-order valence-electron chi connectivity index (χ3n) is 4.09. The summed E-state index contributed by atoms with van der Waals surface area (Å²) in [6.07, 6.45) is 0.502.